The van der Waals surface area contributed by atoms with Gasteiger partial charge in [0.1, 0.15) is 5.82 Å². The van der Waals surface area contributed by atoms with Crippen LogP contribution < -0.4 is 0 Å². The molecule has 0 aromatic heterocycles. The minimum atomic E-state index is -4.50. The second-order valence-electron chi connectivity index (χ2n) is 2.24. The Morgan fingerprint density at radius 2 is 1.77 bits per heavy atom. The van der Waals surface area contributed by atoms with Gasteiger partial charge in [-0.25, -0.2) is 4.39 Å². The number of alkyl halides is 3. The Morgan fingerprint density at radius 3 is 2.23 bits per heavy atom. The van der Waals surface area contributed by atoms with Crippen molar-refractivity contribution in [3.05, 3.63) is 31.6 Å². The monoisotopic (exact) mass is 368 g/mol. The molecule has 0 heterocycles. The molecular weight excluding hydrogens is 367 g/mol. The molecular formula is C7H2BrF4I. The quantitative estimate of drug-likeness (QED) is 0.365. The molecule has 0 aliphatic rings. The molecule has 0 aliphatic heterocycles. The lowest BCUT2D eigenvalue weighted by Gasteiger charge is -2.09. The molecule has 0 amide bonds. The molecule has 0 atom stereocenters. The van der Waals surface area contributed by atoms with Crippen LogP contribution in [0.1, 0.15) is 5.56 Å². The Balaban J connectivity index is 3.32. The van der Waals surface area contributed by atoms with E-state index in [0.29, 0.717) is 6.07 Å². The zero-order chi connectivity index (χ0) is 10.2. The summed E-state index contributed by atoms with van der Waals surface area (Å²) < 4.78 is 49.3. The first-order valence-electron chi connectivity index (χ1n) is 3.04. The highest BCUT2D eigenvalue weighted by molar-refractivity contribution is 14.1. The molecule has 0 unspecified atom stereocenters. The van der Waals surface area contributed by atoms with Crippen molar-refractivity contribution < 1.29 is 17.6 Å². The zero-order valence-electron chi connectivity index (χ0n) is 5.92. The lowest BCUT2D eigenvalue weighted by atomic mass is 10.2. The summed E-state index contributed by atoms with van der Waals surface area (Å²) in [5, 5.41) is 0. The highest BCUT2D eigenvalue weighted by Gasteiger charge is 2.33. The van der Waals surface area contributed by atoms with Gasteiger partial charge in [-0.15, -0.1) is 0 Å². The highest BCUT2D eigenvalue weighted by Crippen LogP contribution is 2.35. The number of hydrogen-bond acceptors (Lipinski definition) is 0. The standard InChI is InChI=1S/C7H2BrF4I/c8-4-2-6(13)3(1-5(4)9)7(10,11)12/h1-2H. The summed E-state index contributed by atoms with van der Waals surface area (Å²) in [7, 11) is 0. The Labute approximate surface area is 93.6 Å². The van der Waals surface area contributed by atoms with Crippen LogP contribution in [-0.2, 0) is 6.18 Å². The van der Waals surface area contributed by atoms with E-state index in [1.165, 1.54) is 22.6 Å². The molecule has 6 heteroatoms. The molecule has 0 saturated heterocycles. The SMILES string of the molecule is Fc1cc(C(F)(F)F)c(I)cc1Br. The van der Waals surface area contributed by atoms with Crippen molar-refractivity contribution in [3.63, 3.8) is 0 Å². The second-order valence-corrected chi connectivity index (χ2v) is 4.26. The average molecular weight is 369 g/mol. The maximum atomic E-state index is 12.7. The first kappa shape index (κ1) is 11.2. The molecule has 0 bridgehead atoms. The van der Waals surface area contributed by atoms with Crippen LogP contribution in [0.5, 0.6) is 0 Å². The summed E-state index contributed by atoms with van der Waals surface area (Å²) >= 11 is 4.31. The predicted octanol–water partition coefficient (Wildman–Crippen LogP) is 4.21. The largest absolute Gasteiger partial charge is 0.417 e. The van der Waals surface area contributed by atoms with E-state index in [4.69, 9.17) is 0 Å². The maximum absolute atomic E-state index is 12.7. The first-order chi connectivity index (χ1) is 5.82. The molecule has 0 aliphatic carbocycles. The fourth-order valence-corrected chi connectivity index (χ4v) is 2.28. The van der Waals surface area contributed by atoms with E-state index in [0.717, 1.165) is 6.07 Å². The molecule has 0 nitrogen and oxygen atoms in total. The minimum Gasteiger partial charge on any atom is -0.206 e. The minimum absolute atomic E-state index is 0.0293. The molecule has 1 aromatic rings. The zero-order valence-corrected chi connectivity index (χ0v) is 9.67. The fraction of sp³-hybridized carbons (Fsp3) is 0.143. The molecule has 0 saturated carbocycles. The van der Waals surface area contributed by atoms with Crippen LogP contribution in [0.2, 0.25) is 0 Å². The van der Waals surface area contributed by atoms with Gasteiger partial charge >= 0.3 is 6.18 Å². The van der Waals surface area contributed by atoms with Crippen LogP contribution in [0.15, 0.2) is 16.6 Å². The summed E-state index contributed by atoms with van der Waals surface area (Å²) in [6.07, 6.45) is -4.50. The van der Waals surface area contributed by atoms with Crippen LogP contribution in [0.4, 0.5) is 17.6 Å². The van der Waals surface area contributed by atoms with E-state index >= 15 is 0 Å². The van der Waals surface area contributed by atoms with Gasteiger partial charge in [0.05, 0.1) is 10.0 Å². The normalized spacial score (nSPS) is 11.8. The summed E-state index contributed by atoms with van der Waals surface area (Å²) in [5.74, 6) is -0.909. The first-order valence-corrected chi connectivity index (χ1v) is 4.91. The van der Waals surface area contributed by atoms with Crippen LogP contribution in [0, 0.1) is 9.39 Å². The number of rotatable bonds is 0. The van der Waals surface area contributed by atoms with Crippen molar-refractivity contribution in [2.45, 2.75) is 6.18 Å². The molecule has 0 spiro atoms. The van der Waals surface area contributed by atoms with E-state index in [1.54, 1.807) is 0 Å². The fourth-order valence-electron chi connectivity index (χ4n) is 0.740. The van der Waals surface area contributed by atoms with Crippen LogP contribution >= 0.6 is 38.5 Å². The summed E-state index contributed by atoms with van der Waals surface area (Å²) in [4.78, 5) is 0. The van der Waals surface area contributed by atoms with Gasteiger partial charge in [0.15, 0.2) is 0 Å². The van der Waals surface area contributed by atoms with Crippen LogP contribution in [0.3, 0.4) is 0 Å². The van der Waals surface area contributed by atoms with Gasteiger partial charge in [-0.2, -0.15) is 13.2 Å². The van der Waals surface area contributed by atoms with Gasteiger partial charge in [-0.05, 0) is 50.7 Å². The van der Waals surface area contributed by atoms with Crippen molar-refractivity contribution in [1.82, 2.24) is 0 Å². The number of halogens is 6. The smallest absolute Gasteiger partial charge is 0.206 e. The molecule has 1 aromatic carbocycles. The summed E-state index contributed by atoms with van der Waals surface area (Å²) in [6.45, 7) is 0. The maximum Gasteiger partial charge on any atom is 0.417 e. The molecule has 0 N–H and O–H groups in total. The lowest BCUT2D eigenvalue weighted by Crippen LogP contribution is -2.08. The predicted molar refractivity (Wildman–Crippen MR) is 51.8 cm³/mol. The Morgan fingerprint density at radius 1 is 1.23 bits per heavy atom. The number of benzene rings is 1. The molecule has 0 radical (unpaired) electrons. The van der Waals surface area contributed by atoms with E-state index in [9.17, 15) is 17.6 Å². The van der Waals surface area contributed by atoms with Crippen molar-refractivity contribution >= 4 is 38.5 Å². The van der Waals surface area contributed by atoms with Crippen molar-refractivity contribution in [1.29, 1.82) is 0 Å². The van der Waals surface area contributed by atoms with Crippen molar-refractivity contribution in [2.24, 2.45) is 0 Å². The average Bonchev–Trinajstić information content (AvgIpc) is 1.94. The van der Waals surface area contributed by atoms with E-state index in [2.05, 4.69) is 15.9 Å². The van der Waals surface area contributed by atoms with Gasteiger partial charge in [-0.3, -0.25) is 0 Å². The third-order valence-electron chi connectivity index (χ3n) is 1.32. The summed E-state index contributed by atoms with van der Waals surface area (Å²) in [5.41, 5.74) is -0.950. The van der Waals surface area contributed by atoms with Crippen molar-refractivity contribution in [2.75, 3.05) is 0 Å². The topological polar surface area (TPSA) is 0 Å². The van der Waals surface area contributed by atoms with Crippen LogP contribution in [0.25, 0.3) is 0 Å². The van der Waals surface area contributed by atoms with E-state index in [1.807, 2.05) is 0 Å². The summed E-state index contributed by atoms with van der Waals surface area (Å²) in [6, 6.07) is 1.57. The van der Waals surface area contributed by atoms with E-state index < -0.39 is 17.6 Å². The van der Waals surface area contributed by atoms with Gasteiger partial charge in [0.2, 0.25) is 0 Å². The van der Waals surface area contributed by atoms with Crippen LogP contribution in [-0.4, -0.2) is 0 Å². The molecule has 1 rings (SSSR count). The molecule has 72 valence electrons. The van der Waals surface area contributed by atoms with Gasteiger partial charge in [-0.1, -0.05) is 0 Å². The molecule has 13 heavy (non-hydrogen) atoms. The Kier molecular flexibility index (Phi) is 3.21. The lowest BCUT2D eigenvalue weighted by molar-refractivity contribution is -0.138. The van der Waals surface area contributed by atoms with Gasteiger partial charge in [0.25, 0.3) is 0 Å². The Bertz CT molecular complexity index is 334. The second kappa shape index (κ2) is 3.72. The molecule has 0 fully saturated rings. The highest BCUT2D eigenvalue weighted by atomic mass is 127. The third kappa shape index (κ3) is 2.55. The van der Waals surface area contributed by atoms with Gasteiger partial charge in [0, 0.05) is 3.57 Å². The van der Waals surface area contributed by atoms with Crippen molar-refractivity contribution in [3.8, 4) is 0 Å². The van der Waals surface area contributed by atoms with Gasteiger partial charge < -0.3 is 0 Å². The third-order valence-corrected chi connectivity index (χ3v) is 2.82. The van der Waals surface area contributed by atoms with E-state index in [-0.39, 0.29) is 8.04 Å². The Hall–Kier alpha value is 0.150. The number of hydrogen-bond donors (Lipinski definition) is 0.